The van der Waals surface area contributed by atoms with Gasteiger partial charge in [0.1, 0.15) is 6.54 Å². The smallest absolute Gasteiger partial charge is 0.437 e. The van der Waals surface area contributed by atoms with Gasteiger partial charge in [0.2, 0.25) is 11.6 Å². The lowest BCUT2D eigenvalue weighted by molar-refractivity contribution is -0.142. The van der Waals surface area contributed by atoms with Gasteiger partial charge in [0.15, 0.2) is 5.69 Å². The molecule has 1 saturated carbocycles. The number of nitrogens with one attached hydrogen (secondary N) is 2. The first-order valence-electron chi connectivity index (χ1n) is 14.4. The number of hydrogen-bond donors (Lipinski definition) is 3. The molecule has 2 amide bonds. The van der Waals surface area contributed by atoms with Crippen LogP contribution < -0.4 is 20.0 Å². The van der Waals surface area contributed by atoms with Crippen LogP contribution >= 0.6 is 0 Å². The number of piperidine rings is 1. The minimum atomic E-state index is -4.89. The standard InChI is InChI=1S/C28H35F3N6O5/c1-17-4-2-11-36(16-17)27-35-23(28(29,30)31)22(42-27)24(38)34-20-7-8-21(33-15-20)37(12-3-9-32-10-13-37)25(39)18-5-6-19(14-18)26(40)41/h7-8,15,17-19,32H,2-6,9-14,16H2,1H3,(H-,34,38,40,41)/p+1/t17?,18?,19-,37?/m1/s1. The highest BCUT2D eigenvalue weighted by molar-refractivity contribution is 6.03. The average molecular weight is 594 g/mol. The third-order valence-corrected chi connectivity index (χ3v) is 8.58. The van der Waals surface area contributed by atoms with Gasteiger partial charge in [0, 0.05) is 38.7 Å². The Morgan fingerprint density at radius 3 is 2.57 bits per heavy atom. The van der Waals surface area contributed by atoms with Gasteiger partial charge in [0.25, 0.3) is 11.9 Å². The Hall–Kier alpha value is -3.52. The maximum Gasteiger partial charge on any atom is 0.437 e. The summed E-state index contributed by atoms with van der Waals surface area (Å²) < 4.78 is 46.8. The second kappa shape index (κ2) is 12.0. The molecule has 0 spiro atoms. The lowest BCUT2D eigenvalue weighted by Gasteiger charge is -2.35. The first kappa shape index (κ1) is 30.0. The van der Waals surface area contributed by atoms with Crippen molar-refractivity contribution in [3.05, 3.63) is 29.8 Å². The summed E-state index contributed by atoms with van der Waals surface area (Å²) in [5.74, 6) is -3.27. The van der Waals surface area contributed by atoms with Crippen molar-refractivity contribution in [2.75, 3.05) is 49.5 Å². The molecule has 5 rings (SSSR count). The van der Waals surface area contributed by atoms with Gasteiger partial charge in [-0.1, -0.05) is 6.92 Å². The average Bonchev–Trinajstić information content (AvgIpc) is 3.56. The van der Waals surface area contributed by atoms with Crippen LogP contribution in [0.2, 0.25) is 0 Å². The topological polar surface area (TPSA) is 138 Å². The first-order valence-corrected chi connectivity index (χ1v) is 14.4. The van der Waals surface area contributed by atoms with Crippen LogP contribution in [0, 0.1) is 17.8 Å². The number of nitrogens with zero attached hydrogens (tertiary/aromatic N) is 4. The first-order chi connectivity index (χ1) is 20.0. The normalized spacial score (nSPS) is 27.0. The molecular weight excluding hydrogens is 557 g/mol. The molecule has 3 fully saturated rings. The third kappa shape index (κ3) is 6.14. The zero-order valence-electron chi connectivity index (χ0n) is 23.5. The zero-order chi connectivity index (χ0) is 30.1. The largest absolute Gasteiger partial charge is 0.481 e. The zero-order valence-corrected chi connectivity index (χ0v) is 23.5. The summed E-state index contributed by atoms with van der Waals surface area (Å²) in [5.41, 5.74) is -1.26. The summed E-state index contributed by atoms with van der Waals surface area (Å²) in [6, 6.07) is 2.86. The third-order valence-electron chi connectivity index (χ3n) is 8.58. The van der Waals surface area contributed by atoms with Crippen LogP contribution in [0.4, 0.5) is 30.7 Å². The second-order valence-corrected chi connectivity index (χ2v) is 11.6. The number of rotatable bonds is 6. The molecule has 11 nitrogen and oxygen atoms in total. The molecule has 3 N–H and O–H groups in total. The summed E-state index contributed by atoms with van der Waals surface area (Å²) in [5, 5.41) is 15.1. The van der Waals surface area contributed by atoms with E-state index in [1.165, 1.54) is 12.3 Å². The molecule has 14 heteroatoms. The van der Waals surface area contributed by atoms with Crippen molar-refractivity contribution in [3.8, 4) is 0 Å². The van der Waals surface area contributed by atoms with Crippen LogP contribution in [-0.2, 0) is 15.8 Å². The van der Waals surface area contributed by atoms with Crippen LogP contribution in [0.1, 0.15) is 61.7 Å². The highest BCUT2D eigenvalue weighted by Crippen LogP contribution is 2.38. The monoisotopic (exact) mass is 593 g/mol. The van der Waals surface area contributed by atoms with E-state index in [1.54, 1.807) is 11.0 Å². The summed E-state index contributed by atoms with van der Waals surface area (Å²) in [4.78, 5) is 48.1. The molecule has 42 heavy (non-hydrogen) atoms. The van der Waals surface area contributed by atoms with Gasteiger partial charge in [-0.15, -0.1) is 0 Å². The number of halogens is 3. The number of carboxylic acids is 1. The van der Waals surface area contributed by atoms with E-state index in [1.807, 2.05) is 6.92 Å². The molecule has 2 aliphatic heterocycles. The van der Waals surface area contributed by atoms with E-state index in [2.05, 4.69) is 20.6 Å². The molecule has 0 radical (unpaired) electrons. The molecular formula is C28H36F3N6O5+. The van der Waals surface area contributed by atoms with E-state index in [0.717, 1.165) is 19.4 Å². The number of oxazole rings is 1. The summed E-state index contributed by atoms with van der Waals surface area (Å²) in [6.07, 6.45) is 0.0730. The highest BCUT2D eigenvalue weighted by atomic mass is 19.4. The Bertz CT molecular complexity index is 1310. The van der Waals surface area contributed by atoms with E-state index in [-0.39, 0.29) is 34.4 Å². The molecule has 4 atom stereocenters. The number of pyridine rings is 1. The summed E-state index contributed by atoms with van der Waals surface area (Å²) >= 11 is 0. The predicted molar refractivity (Wildman–Crippen MR) is 147 cm³/mol. The molecule has 3 unspecified atom stereocenters. The van der Waals surface area contributed by atoms with Crippen molar-refractivity contribution >= 4 is 35.3 Å². The number of quaternary nitrogens is 1. The molecule has 2 aromatic heterocycles. The van der Waals surface area contributed by atoms with Crippen LogP contribution in [-0.4, -0.2) is 72.1 Å². The number of carbonyl (C=O) groups excluding carboxylic acids is 2. The van der Waals surface area contributed by atoms with Gasteiger partial charge >= 0.3 is 18.1 Å². The van der Waals surface area contributed by atoms with Crippen molar-refractivity contribution in [1.82, 2.24) is 19.8 Å². The van der Waals surface area contributed by atoms with Crippen molar-refractivity contribution in [2.45, 2.75) is 51.6 Å². The minimum Gasteiger partial charge on any atom is -0.481 e. The van der Waals surface area contributed by atoms with Crippen LogP contribution in [0.15, 0.2) is 22.7 Å². The Kier molecular flexibility index (Phi) is 8.56. The number of hydrogen-bond acceptors (Lipinski definition) is 8. The number of carbonyl (C=O) groups is 3. The maximum absolute atomic E-state index is 13.9. The van der Waals surface area contributed by atoms with Gasteiger partial charge in [-0.2, -0.15) is 18.2 Å². The molecule has 2 saturated heterocycles. The molecule has 2 aromatic rings. The Balaban J connectivity index is 1.37. The molecule has 3 aliphatic rings. The van der Waals surface area contributed by atoms with Crippen molar-refractivity contribution in [2.24, 2.45) is 17.8 Å². The highest BCUT2D eigenvalue weighted by Gasteiger charge is 2.48. The lowest BCUT2D eigenvalue weighted by Crippen LogP contribution is -2.58. The summed E-state index contributed by atoms with van der Waals surface area (Å²) in [7, 11) is 0. The van der Waals surface area contributed by atoms with Crippen LogP contribution in [0.25, 0.3) is 0 Å². The summed E-state index contributed by atoms with van der Waals surface area (Å²) in [6.45, 7) is 5.15. The van der Waals surface area contributed by atoms with E-state index >= 15 is 0 Å². The van der Waals surface area contributed by atoms with Crippen molar-refractivity contribution in [1.29, 1.82) is 0 Å². The maximum atomic E-state index is 13.9. The SMILES string of the molecule is CC1CCCN(c2nc(C(F)(F)F)c(C(=O)Nc3ccc([N+]4(C(=O)C5CC[C@@H](C(=O)O)C5)CCCNCC4)nc3)o2)C1. The second-order valence-electron chi connectivity index (χ2n) is 11.6. The fourth-order valence-electron chi connectivity index (χ4n) is 6.38. The van der Waals surface area contributed by atoms with Crippen molar-refractivity contribution < 1.29 is 37.1 Å². The number of carboxylic acid groups (broad SMARTS) is 1. The Morgan fingerprint density at radius 2 is 1.90 bits per heavy atom. The fourth-order valence-corrected chi connectivity index (χ4v) is 6.38. The predicted octanol–water partition coefficient (Wildman–Crippen LogP) is 3.91. The molecule has 4 heterocycles. The number of aliphatic carboxylic acids is 1. The van der Waals surface area contributed by atoms with Gasteiger partial charge in [-0.05, 0) is 44.1 Å². The molecule has 1 aliphatic carbocycles. The van der Waals surface area contributed by atoms with Gasteiger partial charge in [-0.3, -0.25) is 9.59 Å². The lowest BCUT2D eigenvalue weighted by atomic mass is 10.0. The molecule has 0 bridgehead atoms. The van der Waals surface area contributed by atoms with Crippen molar-refractivity contribution in [3.63, 3.8) is 0 Å². The number of alkyl halides is 3. The Labute approximate surface area is 241 Å². The van der Waals surface area contributed by atoms with E-state index in [9.17, 15) is 32.7 Å². The molecule has 228 valence electrons. The van der Waals surface area contributed by atoms with Crippen LogP contribution in [0.3, 0.4) is 0 Å². The molecule has 0 aromatic carbocycles. The van der Waals surface area contributed by atoms with E-state index < -0.39 is 41.3 Å². The quantitative estimate of drug-likeness (QED) is 0.426. The minimum absolute atomic E-state index is 0.0593. The number of anilines is 2. The van der Waals surface area contributed by atoms with E-state index in [4.69, 9.17) is 4.42 Å². The Morgan fingerprint density at radius 1 is 1.12 bits per heavy atom. The number of aromatic nitrogens is 2. The van der Waals surface area contributed by atoms with Gasteiger partial charge < -0.3 is 25.1 Å². The fraction of sp³-hybridized carbons (Fsp3) is 0.607. The van der Waals surface area contributed by atoms with Gasteiger partial charge in [-0.25, -0.2) is 14.3 Å². The van der Waals surface area contributed by atoms with Gasteiger partial charge in [0.05, 0.1) is 30.3 Å². The van der Waals surface area contributed by atoms with Crippen LogP contribution in [0.5, 0.6) is 0 Å². The van der Waals surface area contributed by atoms with E-state index in [0.29, 0.717) is 57.8 Å². The number of amides is 2.